The van der Waals surface area contributed by atoms with Gasteiger partial charge in [0.25, 0.3) is 5.91 Å². The minimum absolute atomic E-state index is 0.217. The normalized spacial score (nSPS) is 10.6. The number of aromatic nitrogens is 4. The zero-order valence-electron chi connectivity index (χ0n) is 12.6. The number of carbonyl (C=O) groups is 1. The molecule has 0 bridgehead atoms. The summed E-state index contributed by atoms with van der Waals surface area (Å²) in [6.45, 7) is 3.64. The molecular weight excluding hydrogens is 314 g/mol. The monoisotopic (exact) mass is 327 g/mol. The van der Waals surface area contributed by atoms with E-state index in [4.69, 9.17) is 11.6 Å². The highest BCUT2D eigenvalue weighted by molar-refractivity contribution is 6.31. The fourth-order valence-electron chi connectivity index (χ4n) is 2.05. The van der Waals surface area contributed by atoms with Crippen LogP contribution >= 0.6 is 11.6 Å². The molecule has 0 saturated heterocycles. The Labute approximate surface area is 138 Å². The summed E-state index contributed by atoms with van der Waals surface area (Å²) in [7, 11) is 0. The molecule has 2 heterocycles. The van der Waals surface area contributed by atoms with Crippen molar-refractivity contribution in [1.82, 2.24) is 19.7 Å². The largest absolute Gasteiger partial charge is 0.288 e. The van der Waals surface area contributed by atoms with Crippen LogP contribution in [0.25, 0.3) is 5.69 Å². The summed E-state index contributed by atoms with van der Waals surface area (Å²) in [4.78, 5) is 20.5. The number of nitrogens with zero attached hydrogens (tertiary/aromatic N) is 4. The number of nitrogens with one attached hydrogen (secondary N) is 1. The van der Waals surface area contributed by atoms with Crippen molar-refractivity contribution in [2.24, 2.45) is 0 Å². The molecule has 23 heavy (non-hydrogen) atoms. The third kappa shape index (κ3) is 3.22. The van der Waals surface area contributed by atoms with Gasteiger partial charge in [0.15, 0.2) is 0 Å². The van der Waals surface area contributed by atoms with Crippen molar-refractivity contribution in [1.29, 1.82) is 0 Å². The lowest BCUT2D eigenvalue weighted by Gasteiger charge is -2.03. The molecular formula is C16H14ClN5O. The van der Waals surface area contributed by atoms with E-state index in [9.17, 15) is 4.79 Å². The van der Waals surface area contributed by atoms with Crippen molar-refractivity contribution >= 4 is 23.5 Å². The Kier molecular flexibility index (Phi) is 4.08. The topological polar surface area (TPSA) is 72.7 Å². The Morgan fingerprint density at radius 2 is 1.96 bits per heavy atom. The first kappa shape index (κ1) is 15.2. The molecule has 0 aliphatic carbocycles. The van der Waals surface area contributed by atoms with Crippen LogP contribution in [0.1, 0.15) is 21.9 Å². The van der Waals surface area contributed by atoms with Crippen molar-refractivity contribution in [3.63, 3.8) is 0 Å². The number of benzene rings is 1. The maximum absolute atomic E-state index is 12.2. The first-order chi connectivity index (χ1) is 11.0. The van der Waals surface area contributed by atoms with Crippen molar-refractivity contribution in [2.45, 2.75) is 13.8 Å². The number of hydrogen-bond donors (Lipinski definition) is 1. The molecule has 1 aromatic carbocycles. The van der Waals surface area contributed by atoms with Gasteiger partial charge in [-0.2, -0.15) is 4.98 Å². The first-order valence-corrected chi connectivity index (χ1v) is 7.35. The second-order valence-corrected chi connectivity index (χ2v) is 5.41. The Bertz CT molecular complexity index is 860. The molecule has 1 N–H and O–H groups in total. The molecule has 7 heteroatoms. The zero-order valence-corrected chi connectivity index (χ0v) is 13.4. The van der Waals surface area contributed by atoms with Gasteiger partial charge in [-0.1, -0.05) is 29.8 Å². The summed E-state index contributed by atoms with van der Waals surface area (Å²) in [5, 5.41) is 7.42. The maximum Gasteiger partial charge on any atom is 0.276 e. The molecule has 6 nitrogen and oxygen atoms in total. The van der Waals surface area contributed by atoms with Crippen molar-refractivity contribution in [3.05, 3.63) is 64.7 Å². The molecule has 0 aliphatic heterocycles. The predicted molar refractivity (Wildman–Crippen MR) is 88.0 cm³/mol. The van der Waals surface area contributed by atoms with E-state index < -0.39 is 5.91 Å². The number of hydrogen-bond acceptors (Lipinski definition) is 4. The van der Waals surface area contributed by atoms with Gasteiger partial charge in [-0.25, -0.2) is 4.68 Å². The van der Waals surface area contributed by atoms with E-state index >= 15 is 0 Å². The first-order valence-electron chi connectivity index (χ1n) is 6.97. The molecule has 0 saturated carbocycles. The highest BCUT2D eigenvalue weighted by Crippen LogP contribution is 2.16. The van der Waals surface area contributed by atoms with E-state index in [0.717, 1.165) is 11.3 Å². The van der Waals surface area contributed by atoms with E-state index in [1.54, 1.807) is 10.9 Å². The molecule has 1 amide bonds. The average Bonchev–Trinajstić information content (AvgIpc) is 2.91. The summed E-state index contributed by atoms with van der Waals surface area (Å²) in [5.74, 6) is 0.480. The highest BCUT2D eigenvalue weighted by Gasteiger charge is 2.14. The number of para-hydroxylation sites is 1. The molecule has 0 atom stereocenters. The zero-order chi connectivity index (χ0) is 16.4. The van der Waals surface area contributed by atoms with E-state index in [0.29, 0.717) is 10.8 Å². The van der Waals surface area contributed by atoms with Crippen molar-refractivity contribution in [2.75, 3.05) is 5.32 Å². The molecule has 0 spiro atoms. The van der Waals surface area contributed by atoms with E-state index in [-0.39, 0.29) is 11.6 Å². The number of carbonyl (C=O) groups excluding carboxylic acids is 1. The van der Waals surface area contributed by atoms with Crippen LogP contribution in [0.4, 0.5) is 5.95 Å². The van der Waals surface area contributed by atoms with Gasteiger partial charge in [0, 0.05) is 11.2 Å². The molecule has 0 radical (unpaired) electrons. The third-order valence-electron chi connectivity index (χ3n) is 3.27. The number of rotatable bonds is 3. The van der Waals surface area contributed by atoms with Crippen LogP contribution in [0.5, 0.6) is 0 Å². The molecule has 0 unspecified atom stereocenters. The summed E-state index contributed by atoms with van der Waals surface area (Å²) in [5.41, 5.74) is 1.90. The summed E-state index contributed by atoms with van der Waals surface area (Å²) < 4.78 is 1.66. The van der Waals surface area contributed by atoms with Crippen molar-refractivity contribution in [3.8, 4) is 5.69 Å². The fraction of sp³-hybridized carbons (Fsp3) is 0.125. The van der Waals surface area contributed by atoms with Crippen LogP contribution in [-0.4, -0.2) is 25.7 Å². The summed E-state index contributed by atoms with van der Waals surface area (Å²) >= 11 is 6.01. The lowest BCUT2D eigenvalue weighted by atomic mass is 10.2. The van der Waals surface area contributed by atoms with Gasteiger partial charge >= 0.3 is 0 Å². The fourth-order valence-corrected chi connectivity index (χ4v) is 2.20. The van der Waals surface area contributed by atoms with Crippen molar-refractivity contribution < 1.29 is 4.79 Å². The molecule has 0 aliphatic rings. The van der Waals surface area contributed by atoms with E-state index in [1.807, 2.05) is 44.2 Å². The van der Waals surface area contributed by atoms with Crippen LogP contribution in [0.3, 0.4) is 0 Å². The van der Waals surface area contributed by atoms with Crippen LogP contribution in [-0.2, 0) is 0 Å². The number of halogens is 1. The number of pyridine rings is 1. The second kappa shape index (κ2) is 6.18. The number of aryl methyl sites for hydroxylation is 2. The van der Waals surface area contributed by atoms with Gasteiger partial charge in [-0.3, -0.25) is 15.1 Å². The van der Waals surface area contributed by atoms with Crippen LogP contribution in [0, 0.1) is 13.8 Å². The predicted octanol–water partition coefficient (Wildman–Crippen LogP) is 3.18. The van der Waals surface area contributed by atoms with Gasteiger partial charge in [0.1, 0.15) is 11.5 Å². The van der Waals surface area contributed by atoms with Gasteiger partial charge in [-0.15, -0.1) is 5.10 Å². The second-order valence-electron chi connectivity index (χ2n) is 5.00. The lowest BCUT2D eigenvalue weighted by Crippen LogP contribution is -2.15. The van der Waals surface area contributed by atoms with E-state index in [2.05, 4.69) is 20.4 Å². The highest BCUT2D eigenvalue weighted by atomic mass is 35.5. The Morgan fingerprint density at radius 3 is 2.65 bits per heavy atom. The van der Waals surface area contributed by atoms with Gasteiger partial charge in [-0.05, 0) is 37.6 Å². The smallest absolute Gasteiger partial charge is 0.276 e. The molecule has 3 rings (SSSR count). The summed E-state index contributed by atoms with van der Waals surface area (Å²) in [6, 6.07) is 11.1. The quantitative estimate of drug-likeness (QED) is 0.802. The van der Waals surface area contributed by atoms with Gasteiger partial charge < -0.3 is 0 Å². The minimum atomic E-state index is -0.405. The SMILES string of the molecule is Cc1cnc(C(=O)Nc2nc(C)n(-c3ccccc3)n2)cc1Cl. The minimum Gasteiger partial charge on any atom is -0.288 e. The van der Waals surface area contributed by atoms with Crippen LogP contribution < -0.4 is 5.32 Å². The molecule has 0 fully saturated rings. The number of anilines is 1. The Balaban J connectivity index is 1.83. The Morgan fingerprint density at radius 1 is 1.22 bits per heavy atom. The van der Waals surface area contributed by atoms with Gasteiger partial charge in [0.05, 0.1) is 5.69 Å². The average molecular weight is 328 g/mol. The molecule has 3 aromatic rings. The number of amides is 1. The van der Waals surface area contributed by atoms with Crippen LogP contribution in [0.15, 0.2) is 42.6 Å². The Hall–Kier alpha value is -2.73. The summed E-state index contributed by atoms with van der Waals surface area (Å²) in [6.07, 6.45) is 1.55. The molecule has 116 valence electrons. The lowest BCUT2D eigenvalue weighted by molar-refractivity contribution is 0.102. The maximum atomic E-state index is 12.2. The van der Waals surface area contributed by atoms with Gasteiger partial charge in [0.2, 0.25) is 5.95 Å². The standard InChI is InChI=1S/C16H14ClN5O/c1-10-9-18-14(8-13(10)17)15(23)20-16-19-11(2)22(21-16)12-6-4-3-5-7-12/h3-9H,1-2H3,(H,20,21,23). The van der Waals surface area contributed by atoms with E-state index in [1.165, 1.54) is 6.07 Å². The molecule has 2 aromatic heterocycles. The third-order valence-corrected chi connectivity index (χ3v) is 3.67. The van der Waals surface area contributed by atoms with Crippen LogP contribution in [0.2, 0.25) is 5.02 Å².